The lowest BCUT2D eigenvalue weighted by Gasteiger charge is -2.35. The molecule has 144 valence electrons. The first-order valence-electron chi connectivity index (χ1n) is 9.78. The summed E-state index contributed by atoms with van der Waals surface area (Å²) in [5.74, 6) is 0.702. The van der Waals surface area contributed by atoms with Crippen LogP contribution in [0.25, 0.3) is 0 Å². The number of carbonyl (C=O) groups excluding carboxylic acids is 1. The van der Waals surface area contributed by atoms with E-state index in [2.05, 4.69) is 37.6 Å². The summed E-state index contributed by atoms with van der Waals surface area (Å²) in [6.45, 7) is 5.00. The van der Waals surface area contributed by atoms with Gasteiger partial charge in [0.2, 0.25) is 11.9 Å². The minimum atomic E-state index is 0.0457. The number of nitrogens with zero attached hydrogens (tertiary/aromatic N) is 3. The maximum atomic E-state index is 11.1. The van der Waals surface area contributed by atoms with Crippen LogP contribution in [-0.4, -0.2) is 39.9 Å². The van der Waals surface area contributed by atoms with E-state index in [0.717, 1.165) is 38.2 Å². The van der Waals surface area contributed by atoms with Gasteiger partial charge in [-0.3, -0.25) is 9.69 Å². The lowest BCUT2D eigenvalue weighted by atomic mass is 9.99. The van der Waals surface area contributed by atoms with E-state index in [9.17, 15) is 4.79 Å². The van der Waals surface area contributed by atoms with Crippen LogP contribution in [0.15, 0.2) is 42.7 Å². The molecular weight excluding hydrogens is 338 g/mol. The number of aromatic nitrogens is 2. The third-order valence-electron chi connectivity index (χ3n) is 4.99. The highest BCUT2D eigenvalue weighted by Crippen LogP contribution is 2.21. The average Bonchev–Trinajstić information content (AvgIpc) is 2.69. The number of anilines is 1. The lowest BCUT2D eigenvalue weighted by Crippen LogP contribution is -2.41. The van der Waals surface area contributed by atoms with Gasteiger partial charge in [0.15, 0.2) is 0 Å². The molecule has 1 aromatic carbocycles. The van der Waals surface area contributed by atoms with Crippen molar-refractivity contribution in [3.8, 4) is 0 Å². The Morgan fingerprint density at radius 2 is 1.93 bits per heavy atom. The van der Waals surface area contributed by atoms with Gasteiger partial charge in [0.1, 0.15) is 0 Å². The Balaban J connectivity index is 1.50. The van der Waals surface area contributed by atoms with Crippen LogP contribution in [0.5, 0.6) is 0 Å². The molecule has 1 aromatic heterocycles. The Bertz CT molecular complexity index is 704. The maximum Gasteiger partial charge on any atom is 0.222 e. The van der Waals surface area contributed by atoms with Crippen LogP contribution in [0.4, 0.5) is 5.95 Å². The fraction of sp³-hybridized carbons (Fsp3) is 0.476. The Labute approximate surface area is 161 Å². The molecule has 6 heteroatoms. The van der Waals surface area contributed by atoms with Crippen molar-refractivity contribution in [2.45, 2.75) is 51.7 Å². The fourth-order valence-corrected chi connectivity index (χ4v) is 3.55. The third kappa shape index (κ3) is 6.32. The molecule has 0 bridgehead atoms. The van der Waals surface area contributed by atoms with Crippen LogP contribution in [0.2, 0.25) is 0 Å². The number of rotatable bonds is 8. The molecule has 3 rings (SSSR count). The number of hydrogen-bond acceptors (Lipinski definition) is 5. The second kappa shape index (κ2) is 10.0. The quantitative estimate of drug-likeness (QED) is 0.751. The molecular formula is C21H29N5O. The molecule has 0 radical (unpaired) electrons. The molecule has 1 amide bonds. The van der Waals surface area contributed by atoms with Gasteiger partial charge in [-0.05, 0) is 31.4 Å². The summed E-state index contributed by atoms with van der Waals surface area (Å²) < 4.78 is 0. The van der Waals surface area contributed by atoms with E-state index in [1.807, 2.05) is 30.6 Å². The van der Waals surface area contributed by atoms with E-state index in [4.69, 9.17) is 0 Å². The minimum absolute atomic E-state index is 0.0457. The molecule has 0 aliphatic carbocycles. The van der Waals surface area contributed by atoms with E-state index in [1.165, 1.54) is 24.8 Å². The molecule has 27 heavy (non-hydrogen) atoms. The first kappa shape index (κ1) is 19.3. The highest BCUT2D eigenvalue weighted by atomic mass is 16.1. The zero-order valence-corrected chi connectivity index (χ0v) is 16.0. The number of carbonyl (C=O) groups is 1. The largest absolute Gasteiger partial charge is 0.356 e. The van der Waals surface area contributed by atoms with Crippen LogP contribution in [0, 0.1) is 0 Å². The molecule has 1 aliphatic rings. The van der Waals surface area contributed by atoms with Crippen molar-refractivity contribution in [3.63, 3.8) is 0 Å². The summed E-state index contributed by atoms with van der Waals surface area (Å²) in [6.07, 6.45) is 8.52. The Hall–Kier alpha value is -2.47. The molecule has 2 aromatic rings. The number of hydrogen-bond donors (Lipinski definition) is 2. The number of amides is 1. The molecule has 1 aliphatic heterocycles. The molecule has 0 saturated carbocycles. The second-order valence-corrected chi connectivity index (χ2v) is 7.15. The third-order valence-corrected chi connectivity index (χ3v) is 4.99. The topological polar surface area (TPSA) is 70.2 Å². The number of benzene rings is 1. The number of nitrogens with one attached hydrogen (secondary N) is 2. The molecule has 1 unspecified atom stereocenters. The highest BCUT2D eigenvalue weighted by Gasteiger charge is 2.22. The smallest absolute Gasteiger partial charge is 0.222 e. The Kier molecular flexibility index (Phi) is 7.16. The summed E-state index contributed by atoms with van der Waals surface area (Å²) in [5.41, 5.74) is 2.34. The van der Waals surface area contributed by atoms with Crippen molar-refractivity contribution in [1.29, 1.82) is 0 Å². The van der Waals surface area contributed by atoms with E-state index in [0.29, 0.717) is 12.0 Å². The van der Waals surface area contributed by atoms with Crippen molar-refractivity contribution in [1.82, 2.24) is 20.2 Å². The normalized spacial score (nSPS) is 17.4. The molecule has 0 spiro atoms. The van der Waals surface area contributed by atoms with Crippen LogP contribution in [0.1, 0.15) is 43.7 Å². The minimum Gasteiger partial charge on any atom is -0.356 e. The highest BCUT2D eigenvalue weighted by molar-refractivity contribution is 5.72. The monoisotopic (exact) mass is 367 g/mol. The van der Waals surface area contributed by atoms with E-state index >= 15 is 0 Å². The summed E-state index contributed by atoms with van der Waals surface area (Å²) in [6, 6.07) is 10.8. The van der Waals surface area contributed by atoms with Crippen molar-refractivity contribution in [2.75, 3.05) is 18.4 Å². The van der Waals surface area contributed by atoms with Gasteiger partial charge in [0.25, 0.3) is 0 Å². The van der Waals surface area contributed by atoms with Gasteiger partial charge in [0, 0.05) is 50.6 Å². The molecule has 2 N–H and O–H groups in total. The van der Waals surface area contributed by atoms with Gasteiger partial charge < -0.3 is 10.6 Å². The van der Waals surface area contributed by atoms with E-state index in [1.54, 1.807) is 6.92 Å². The van der Waals surface area contributed by atoms with Gasteiger partial charge in [-0.2, -0.15) is 0 Å². The van der Waals surface area contributed by atoms with Crippen molar-refractivity contribution < 1.29 is 4.79 Å². The number of likely N-dealkylation sites (tertiary alicyclic amines) is 1. The van der Waals surface area contributed by atoms with Gasteiger partial charge in [-0.1, -0.05) is 36.8 Å². The summed E-state index contributed by atoms with van der Waals surface area (Å²) in [4.78, 5) is 22.5. The number of piperidine rings is 1. The Morgan fingerprint density at radius 1 is 1.15 bits per heavy atom. The molecule has 6 nitrogen and oxygen atoms in total. The molecule has 1 saturated heterocycles. The van der Waals surface area contributed by atoms with Crippen LogP contribution in [0.3, 0.4) is 0 Å². The van der Waals surface area contributed by atoms with Gasteiger partial charge in [0.05, 0.1) is 0 Å². The molecule has 1 fully saturated rings. The first-order chi connectivity index (χ1) is 13.2. The van der Waals surface area contributed by atoms with Crippen LogP contribution in [-0.2, 0) is 17.9 Å². The van der Waals surface area contributed by atoms with Gasteiger partial charge in [-0.15, -0.1) is 0 Å². The zero-order chi connectivity index (χ0) is 18.9. The summed E-state index contributed by atoms with van der Waals surface area (Å²) in [5, 5.41) is 6.18. The van der Waals surface area contributed by atoms with E-state index in [-0.39, 0.29) is 5.91 Å². The standard InChI is InChI=1S/C21H29N5O/c1-17(27)22-11-10-20-9-5-6-12-26(20)16-19-14-24-21(25-15-19)23-13-18-7-3-2-4-8-18/h2-4,7-8,14-15,20H,5-6,9-13,16H2,1H3,(H,22,27)(H,23,24,25). The summed E-state index contributed by atoms with van der Waals surface area (Å²) >= 11 is 0. The SMILES string of the molecule is CC(=O)NCCC1CCCCN1Cc1cnc(NCc2ccccc2)nc1. The van der Waals surface area contributed by atoms with Crippen LogP contribution >= 0.6 is 0 Å². The first-order valence-corrected chi connectivity index (χ1v) is 9.78. The predicted molar refractivity (Wildman–Crippen MR) is 107 cm³/mol. The molecule has 2 heterocycles. The predicted octanol–water partition coefficient (Wildman–Crippen LogP) is 2.97. The van der Waals surface area contributed by atoms with Crippen molar-refractivity contribution in [2.24, 2.45) is 0 Å². The van der Waals surface area contributed by atoms with Gasteiger partial charge >= 0.3 is 0 Å². The van der Waals surface area contributed by atoms with Crippen molar-refractivity contribution in [3.05, 3.63) is 53.9 Å². The lowest BCUT2D eigenvalue weighted by molar-refractivity contribution is -0.119. The Morgan fingerprint density at radius 3 is 2.67 bits per heavy atom. The van der Waals surface area contributed by atoms with E-state index < -0.39 is 0 Å². The van der Waals surface area contributed by atoms with Gasteiger partial charge in [-0.25, -0.2) is 9.97 Å². The zero-order valence-electron chi connectivity index (χ0n) is 16.0. The van der Waals surface area contributed by atoms with Crippen LogP contribution < -0.4 is 10.6 Å². The second-order valence-electron chi connectivity index (χ2n) is 7.15. The summed E-state index contributed by atoms with van der Waals surface area (Å²) in [7, 11) is 0. The maximum absolute atomic E-state index is 11.1. The molecule has 1 atom stereocenters. The average molecular weight is 367 g/mol. The fourth-order valence-electron chi connectivity index (χ4n) is 3.55. The van der Waals surface area contributed by atoms with Crippen molar-refractivity contribution >= 4 is 11.9 Å².